The highest BCUT2D eigenvalue weighted by atomic mass is 16.5. The molecule has 1 fully saturated rings. The van der Waals surface area contributed by atoms with Crippen LogP contribution in [0.1, 0.15) is 35.2 Å². The first-order valence-corrected chi connectivity index (χ1v) is 7.35. The Kier molecular flexibility index (Phi) is 3.91. The zero-order chi connectivity index (χ0) is 14.7. The Morgan fingerprint density at radius 1 is 1.14 bits per heavy atom. The number of Topliss-reactive ketones (excluding diaryl/α,β-unsaturated/α-hetero) is 1. The summed E-state index contributed by atoms with van der Waals surface area (Å²) in [4.78, 5) is 12.3. The maximum Gasteiger partial charge on any atom is 0.163 e. The van der Waals surface area contributed by atoms with Crippen LogP contribution in [0.15, 0.2) is 48.5 Å². The Hall–Kier alpha value is -2.29. The van der Waals surface area contributed by atoms with Crippen LogP contribution in [0.2, 0.25) is 0 Å². The van der Waals surface area contributed by atoms with Crippen LogP contribution in [-0.2, 0) is 6.42 Å². The molecule has 0 heterocycles. The summed E-state index contributed by atoms with van der Waals surface area (Å²) >= 11 is 0. The van der Waals surface area contributed by atoms with Crippen molar-refractivity contribution in [3.05, 3.63) is 59.7 Å². The fourth-order valence-corrected chi connectivity index (χ4v) is 2.27. The molecule has 3 rings (SSSR count). The van der Waals surface area contributed by atoms with Gasteiger partial charge in [-0.3, -0.25) is 4.79 Å². The van der Waals surface area contributed by atoms with Gasteiger partial charge in [0.05, 0.1) is 6.10 Å². The van der Waals surface area contributed by atoms with Crippen LogP contribution in [-0.4, -0.2) is 11.9 Å². The number of carbonyl (C=O) groups excluding carboxylic acids is 1. The van der Waals surface area contributed by atoms with Crippen molar-refractivity contribution in [1.29, 1.82) is 0 Å². The van der Waals surface area contributed by atoms with Gasteiger partial charge in [0.2, 0.25) is 0 Å². The lowest BCUT2D eigenvalue weighted by Crippen LogP contribution is -2.03. The first-order valence-electron chi connectivity index (χ1n) is 7.35. The normalized spacial score (nSPS) is 13.9. The minimum atomic E-state index is 0.138. The second-order valence-corrected chi connectivity index (χ2v) is 5.51. The molecule has 0 amide bonds. The van der Waals surface area contributed by atoms with Crippen LogP contribution >= 0.6 is 0 Å². The summed E-state index contributed by atoms with van der Waals surface area (Å²) in [5.41, 5.74) is 8.29. The monoisotopic (exact) mass is 281 g/mol. The van der Waals surface area contributed by atoms with Gasteiger partial charge in [0.1, 0.15) is 5.75 Å². The molecule has 21 heavy (non-hydrogen) atoms. The summed E-state index contributed by atoms with van der Waals surface area (Å²) < 4.78 is 5.73. The van der Waals surface area contributed by atoms with E-state index >= 15 is 0 Å². The van der Waals surface area contributed by atoms with Gasteiger partial charge in [-0.05, 0) is 49.1 Å². The average Bonchev–Trinajstić information content (AvgIpc) is 3.29. The predicted octanol–water partition coefficient (Wildman–Crippen LogP) is 3.63. The predicted molar refractivity (Wildman–Crippen MR) is 83.6 cm³/mol. The van der Waals surface area contributed by atoms with E-state index in [9.17, 15) is 4.79 Å². The molecular formula is C18H19NO2. The Balaban J connectivity index is 1.61. The molecule has 3 nitrogen and oxygen atoms in total. The fraction of sp³-hybridized carbons (Fsp3) is 0.278. The van der Waals surface area contributed by atoms with Crippen LogP contribution in [0.4, 0.5) is 5.69 Å². The molecule has 2 aromatic rings. The molecule has 1 aliphatic carbocycles. The minimum absolute atomic E-state index is 0.138. The molecule has 2 N–H and O–H groups in total. The number of hydrogen-bond donors (Lipinski definition) is 1. The fourth-order valence-electron chi connectivity index (χ4n) is 2.27. The first-order chi connectivity index (χ1) is 10.2. The van der Waals surface area contributed by atoms with Crippen LogP contribution < -0.4 is 10.5 Å². The number of nitrogen functional groups attached to an aromatic ring is 1. The molecular weight excluding hydrogens is 262 g/mol. The van der Waals surface area contributed by atoms with Crippen molar-refractivity contribution in [2.45, 2.75) is 31.8 Å². The zero-order valence-electron chi connectivity index (χ0n) is 11.9. The van der Waals surface area contributed by atoms with Crippen molar-refractivity contribution in [2.24, 2.45) is 0 Å². The van der Waals surface area contributed by atoms with Gasteiger partial charge in [0.25, 0.3) is 0 Å². The number of rotatable bonds is 6. The van der Waals surface area contributed by atoms with E-state index in [-0.39, 0.29) is 5.78 Å². The van der Waals surface area contributed by atoms with Crippen molar-refractivity contribution >= 4 is 11.5 Å². The maximum absolute atomic E-state index is 12.3. The number of ketones is 1. The lowest BCUT2D eigenvalue weighted by Gasteiger charge is -2.07. The molecule has 0 unspecified atom stereocenters. The van der Waals surface area contributed by atoms with Crippen molar-refractivity contribution < 1.29 is 9.53 Å². The Labute approximate surface area is 124 Å². The first kappa shape index (κ1) is 13.7. The maximum atomic E-state index is 12.3. The van der Waals surface area contributed by atoms with Gasteiger partial charge in [-0.1, -0.05) is 24.3 Å². The van der Waals surface area contributed by atoms with E-state index in [0.29, 0.717) is 18.9 Å². The summed E-state index contributed by atoms with van der Waals surface area (Å²) in [6, 6.07) is 15.2. The standard InChI is InChI=1S/C18H19NO2/c19-15-5-1-3-13(11-15)7-10-18(20)14-4-2-6-17(12-14)21-16-8-9-16/h1-6,11-12,16H,7-10,19H2. The van der Waals surface area contributed by atoms with Crippen LogP contribution in [0, 0.1) is 0 Å². The van der Waals surface area contributed by atoms with Crippen molar-refractivity contribution in [1.82, 2.24) is 0 Å². The highest BCUT2D eigenvalue weighted by molar-refractivity contribution is 5.96. The molecule has 0 aliphatic heterocycles. The van der Waals surface area contributed by atoms with E-state index < -0.39 is 0 Å². The topological polar surface area (TPSA) is 52.3 Å². The van der Waals surface area contributed by atoms with Gasteiger partial charge in [0.15, 0.2) is 5.78 Å². The number of ether oxygens (including phenoxy) is 1. The molecule has 0 radical (unpaired) electrons. The summed E-state index contributed by atoms with van der Waals surface area (Å²) in [5, 5.41) is 0. The molecule has 0 bridgehead atoms. The average molecular weight is 281 g/mol. The van der Waals surface area contributed by atoms with Gasteiger partial charge >= 0.3 is 0 Å². The summed E-state index contributed by atoms with van der Waals surface area (Å²) in [6.45, 7) is 0. The van der Waals surface area contributed by atoms with E-state index in [4.69, 9.17) is 10.5 Å². The molecule has 2 aromatic carbocycles. The molecule has 108 valence electrons. The van der Waals surface area contributed by atoms with Gasteiger partial charge in [-0.2, -0.15) is 0 Å². The van der Waals surface area contributed by atoms with Crippen LogP contribution in [0.25, 0.3) is 0 Å². The van der Waals surface area contributed by atoms with Crippen molar-refractivity contribution in [3.63, 3.8) is 0 Å². The molecule has 1 saturated carbocycles. The number of carbonyl (C=O) groups is 1. The highest BCUT2D eigenvalue weighted by Gasteiger charge is 2.23. The third-order valence-electron chi connectivity index (χ3n) is 3.57. The second-order valence-electron chi connectivity index (χ2n) is 5.51. The lowest BCUT2D eigenvalue weighted by atomic mass is 10.0. The van der Waals surface area contributed by atoms with E-state index in [0.717, 1.165) is 35.4 Å². The molecule has 3 heteroatoms. The van der Waals surface area contributed by atoms with Gasteiger partial charge in [-0.15, -0.1) is 0 Å². The Morgan fingerprint density at radius 2 is 1.95 bits per heavy atom. The minimum Gasteiger partial charge on any atom is -0.490 e. The molecule has 1 aliphatic rings. The third-order valence-corrected chi connectivity index (χ3v) is 3.57. The van der Waals surface area contributed by atoms with E-state index in [1.54, 1.807) is 0 Å². The lowest BCUT2D eigenvalue weighted by molar-refractivity contribution is 0.0982. The van der Waals surface area contributed by atoms with Crippen LogP contribution in [0.3, 0.4) is 0 Å². The molecule has 0 atom stereocenters. The SMILES string of the molecule is Nc1cccc(CCC(=O)c2cccc(OC3CC3)c2)c1. The van der Waals surface area contributed by atoms with Gasteiger partial charge in [-0.25, -0.2) is 0 Å². The number of aryl methyl sites for hydroxylation is 1. The number of nitrogens with two attached hydrogens (primary N) is 1. The number of benzene rings is 2. The molecule has 0 saturated heterocycles. The van der Waals surface area contributed by atoms with Gasteiger partial charge in [0, 0.05) is 17.7 Å². The van der Waals surface area contributed by atoms with Gasteiger partial charge < -0.3 is 10.5 Å². The molecule has 0 aromatic heterocycles. The summed E-state index contributed by atoms with van der Waals surface area (Å²) in [5.74, 6) is 0.936. The second kappa shape index (κ2) is 6.00. The van der Waals surface area contributed by atoms with E-state index in [1.807, 2.05) is 48.5 Å². The highest BCUT2D eigenvalue weighted by Crippen LogP contribution is 2.27. The van der Waals surface area contributed by atoms with Crippen molar-refractivity contribution in [2.75, 3.05) is 5.73 Å². The Morgan fingerprint density at radius 3 is 2.71 bits per heavy atom. The zero-order valence-corrected chi connectivity index (χ0v) is 11.9. The molecule has 0 spiro atoms. The smallest absolute Gasteiger partial charge is 0.163 e. The van der Waals surface area contributed by atoms with E-state index in [1.165, 1.54) is 0 Å². The quantitative estimate of drug-likeness (QED) is 0.650. The van der Waals surface area contributed by atoms with Crippen LogP contribution in [0.5, 0.6) is 5.75 Å². The Bertz CT molecular complexity index is 647. The number of hydrogen-bond acceptors (Lipinski definition) is 3. The number of anilines is 1. The van der Waals surface area contributed by atoms with Crippen molar-refractivity contribution in [3.8, 4) is 5.75 Å². The summed E-state index contributed by atoms with van der Waals surface area (Å²) in [7, 11) is 0. The largest absolute Gasteiger partial charge is 0.490 e. The van der Waals surface area contributed by atoms with E-state index in [2.05, 4.69) is 0 Å². The third kappa shape index (κ3) is 3.85. The summed E-state index contributed by atoms with van der Waals surface area (Å²) in [6.07, 6.45) is 3.78.